The highest BCUT2D eigenvalue weighted by Crippen LogP contribution is 2.33. The zero-order valence-electron chi connectivity index (χ0n) is 7.74. The average molecular weight is 163 g/mol. The van der Waals surface area contributed by atoms with Crippen molar-refractivity contribution in [3.63, 3.8) is 0 Å². The van der Waals surface area contributed by atoms with Gasteiger partial charge >= 0.3 is 0 Å². The minimum absolute atomic E-state index is 0.549. The van der Waals surface area contributed by atoms with E-state index in [1.165, 1.54) is 19.3 Å². The van der Waals surface area contributed by atoms with Gasteiger partial charge in [0.25, 0.3) is 0 Å². The van der Waals surface area contributed by atoms with Crippen LogP contribution < -0.4 is 0 Å². The lowest BCUT2D eigenvalue weighted by Gasteiger charge is -2.35. The molecule has 0 amide bonds. The first-order valence-corrected chi connectivity index (χ1v) is 4.89. The Morgan fingerprint density at radius 2 is 2.42 bits per heavy atom. The van der Waals surface area contributed by atoms with Crippen LogP contribution in [0.1, 0.15) is 26.2 Å². The third-order valence-electron chi connectivity index (χ3n) is 3.18. The van der Waals surface area contributed by atoms with Gasteiger partial charge in [0.05, 0.1) is 0 Å². The van der Waals surface area contributed by atoms with Crippen molar-refractivity contribution >= 4 is 0 Å². The van der Waals surface area contributed by atoms with E-state index in [0.29, 0.717) is 12.1 Å². The van der Waals surface area contributed by atoms with Crippen LogP contribution in [0.5, 0.6) is 0 Å². The fourth-order valence-corrected chi connectivity index (χ4v) is 2.52. The maximum absolute atomic E-state index is 3.87. The van der Waals surface area contributed by atoms with Gasteiger partial charge < -0.3 is 0 Å². The monoisotopic (exact) mass is 163 g/mol. The maximum atomic E-state index is 3.87. The molecule has 3 atom stereocenters. The number of hydrogen-bond acceptors (Lipinski definition) is 1. The predicted molar refractivity (Wildman–Crippen MR) is 52.1 cm³/mol. The van der Waals surface area contributed by atoms with Gasteiger partial charge in [0.15, 0.2) is 0 Å². The number of fused-ring (bicyclic) bond motifs is 2. The molecular weight excluding hydrogens is 146 g/mol. The van der Waals surface area contributed by atoms with Crippen LogP contribution in [0.15, 0.2) is 24.8 Å². The molecule has 1 nitrogen and oxygen atoms in total. The van der Waals surface area contributed by atoms with Crippen molar-refractivity contribution < 1.29 is 0 Å². The number of rotatable bonds is 2. The largest absolute Gasteiger partial charge is 0.288 e. The number of hydrogen-bond donors (Lipinski definition) is 0. The Morgan fingerprint density at radius 1 is 1.58 bits per heavy atom. The molecule has 2 bridgehead atoms. The molecule has 0 aromatic rings. The van der Waals surface area contributed by atoms with E-state index in [2.05, 4.69) is 36.6 Å². The van der Waals surface area contributed by atoms with Crippen molar-refractivity contribution in [3.8, 4) is 0 Å². The Labute approximate surface area is 74.8 Å². The molecule has 0 aromatic heterocycles. The van der Waals surface area contributed by atoms with Crippen LogP contribution in [-0.4, -0.2) is 23.0 Å². The van der Waals surface area contributed by atoms with Crippen molar-refractivity contribution in [2.75, 3.05) is 0 Å². The van der Waals surface area contributed by atoms with E-state index >= 15 is 0 Å². The molecule has 1 saturated heterocycles. The molecule has 0 aliphatic carbocycles. The van der Waals surface area contributed by atoms with E-state index in [-0.39, 0.29) is 0 Å². The molecule has 1 heteroatoms. The van der Waals surface area contributed by atoms with Crippen LogP contribution in [-0.2, 0) is 0 Å². The second-order valence-corrected chi connectivity index (χ2v) is 3.89. The zero-order chi connectivity index (χ0) is 8.55. The quantitative estimate of drug-likeness (QED) is 0.565. The fraction of sp³-hybridized carbons (Fsp3) is 0.636. The average Bonchev–Trinajstić information content (AvgIpc) is 2.35. The van der Waals surface area contributed by atoms with Crippen LogP contribution in [0.4, 0.5) is 0 Å². The van der Waals surface area contributed by atoms with Crippen LogP contribution >= 0.6 is 0 Å². The Hall–Kier alpha value is -0.560. The molecule has 2 heterocycles. The molecule has 0 saturated carbocycles. The number of nitrogens with zero attached hydrogens (tertiary/aromatic N) is 1. The normalized spacial score (nSPS) is 36.8. The third-order valence-corrected chi connectivity index (χ3v) is 3.18. The lowest BCUT2D eigenvalue weighted by Crippen LogP contribution is -2.42. The SMILES string of the molecule is C=CC(C)N1C2C=CCC1CC2. The standard InChI is InChI=1S/C11H17N/c1-3-9(2)12-10-5-4-6-11(12)8-7-10/h3-5,9-11H,1,6-8H2,2H3. The van der Waals surface area contributed by atoms with Crippen molar-refractivity contribution in [3.05, 3.63) is 24.8 Å². The highest BCUT2D eigenvalue weighted by Gasteiger charge is 2.35. The molecule has 0 spiro atoms. The smallest absolute Gasteiger partial charge is 0.0287 e. The summed E-state index contributed by atoms with van der Waals surface area (Å²) in [6.07, 6.45) is 10.7. The second-order valence-electron chi connectivity index (χ2n) is 3.89. The van der Waals surface area contributed by atoms with Gasteiger partial charge in [0.1, 0.15) is 0 Å². The van der Waals surface area contributed by atoms with E-state index < -0.39 is 0 Å². The summed E-state index contributed by atoms with van der Waals surface area (Å²) in [5, 5.41) is 0. The Bertz CT molecular complexity index is 207. The molecule has 2 rings (SSSR count). The molecule has 1 fully saturated rings. The maximum Gasteiger partial charge on any atom is 0.0287 e. The van der Waals surface area contributed by atoms with E-state index in [9.17, 15) is 0 Å². The summed E-state index contributed by atoms with van der Waals surface area (Å²) in [5.41, 5.74) is 0. The summed E-state index contributed by atoms with van der Waals surface area (Å²) < 4.78 is 0. The highest BCUT2D eigenvalue weighted by atomic mass is 15.2. The van der Waals surface area contributed by atoms with Crippen LogP contribution in [0.3, 0.4) is 0 Å². The molecule has 2 aliphatic rings. The molecule has 0 N–H and O–H groups in total. The van der Waals surface area contributed by atoms with Crippen molar-refractivity contribution in [2.24, 2.45) is 0 Å². The molecule has 2 aliphatic heterocycles. The second kappa shape index (κ2) is 3.06. The molecule has 3 unspecified atom stereocenters. The zero-order valence-corrected chi connectivity index (χ0v) is 7.74. The van der Waals surface area contributed by atoms with Gasteiger partial charge in [-0.3, -0.25) is 4.90 Å². The first-order valence-electron chi connectivity index (χ1n) is 4.89. The summed E-state index contributed by atoms with van der Waals surface area (Å²) in [4.78, 5) is 2.60. The topological polar surface area (TPSA) is 3.24 Å². The van der Waals surface area contributed by atoms with Gasteiger partial charge in [-0.15, -0.1) is 6.58 Å². The summed E-state index contributed by atoms with van der Waals surface area (Å²) in [6.45, 7) is 6.11. The molecular formula is C11H17N. The fourth-order valence-electron chi connectivity index (χ4n) is 2.52. The van der Waals surface area contributed by atoms with Crippen LogP contribution in [0.2, 0.25) is 0 Å². The minimum Gasteiger partial charge on any atom is -0.288 e. The first kappa shape index (κ1) is 8.06. The van der Waals surface area contributed by atoms with Gasteiger partial charge in [0, 0.05) is 18.1 Å². The Morgan fingerprint density at radius 3 is 3.08 bits per heavy atom. The van der Waals surface area contributed by atoms with Gasteiger partial charge in [-0.25, -0.2) is 0 Å². The molecule has 0 aromatic carbocycles. The lowest BCUT2D eigenvalue weighted by molar-refractivity contribution is 0.180. The summed E-state index contributed by atoms with van der Waals surface area (Å²) in [5.74, 6) is 0. The Balaban J connectivity index is 2.16. The van der Waals surface area contributed by atoms with Gasteiger partial charge in [-0.2, -0.15) is 0 Å². The molecule has 12 heavy (non-hydrogen) atoms. The van der Waals surface area contributed by atoms with Gasteiger partial charge in [0.2, 0.25) is 0 Å². The third kappa shape index (κ3) is 1.13. The van der Waals surface area contributed by atoms with Crippen LogP contribution in [0.25, 0.3) is 0 Å². The first-order chi connectivity index (χ1) is 5.83. The molecule has 0 radical (unpaired) electrons. The van der Waals surface area contributed by atoms with Gasteiger partial charge in [-0.1, -0.05) is 18.2 Å². The lowest BCUT2D eigenvalue weighted by atomic mass is 10.1. The van der Waals surface area contributed by atoms with E-state index in [1.54, 1.807) is 0 Å². The predicted octanol–water partition coefficient (Wildman–Crippen LogP) is 2.35. The van der Waals surface area contributed by atoms with Gasteiger partial charge in [-0.05, 0) is 26.2 Å². The minimum atomic E-state index is 0.549. The van der Waals surface area contributed by atoms with Crippen molar-refractivity contribution in [1.82, 2.24) is 4.90 Å². The highest BCUT2D eigenvalue weighted by molar-refractivity contribution is 5.11. The molecule has 66 valence electrons. The summed E-state index contributed by atoms with van der Waals surface area (Å²) in [7, 11) is 0. The van der Waals surface area contributed by atoms with E-state index in [4.69, 9.17) is 0 Å². The summed E-state index contributed by atoms with van der Waals surface area (Å²) >= 11 is 0. The van der Waals surface area contributed by atoms with E-state index in [0.717, 1.165) is 6.04 Å². The van der Waals surface area contributed by atoms with Crippen molar-refractivity contribution in [1.29, 1.82) is 0 Å². The van der Waals surface area contributed by atoms with Crippen molar-refractivity contribution in [2.45, 2.75) is 44.3 Å². The summed E-state index contributed by atoms with van der Waals surface area (Å²) in [6, 6.07) is 2.05. The Kier molecular flexibility index (Phi) is 2.05. The van der Waals surface area contributed by atoms with Crippen LogP contribution in [0, 0.1) is 0 Å². The van der Waals surface area contributed by atoms with E-state index in [1.807, 2.05) is 0 Å².